The summed E-state index contributed by atoms with van der Waals surface area (Å²) in [6.07, 6.45) is 0.935. The van der Waals surface area contributed by atoms with E-state index < -0.39 is 11.9 Å². The lowest BCUT2D eigenvalue weighted by atomic mass is 9.94. The zero-order chi connectivity index (χ0) is 27.5. The average molecular weight is 526 g/mol. The van der Waals surface area contributed by atoms with Crippen LogP contribution in [0.3, 0.4) is 0 Å². The lowest BCUT2D eigenvalue weighted by molar-refractivity contribution is -0.140. The summed E-state index contributed by atoms with van der Waals surface area (Å²) in [6.45, 7) is 8.40. The van der Waals surface area contributed by atoms with E-state index in [9.17, 15) is 34.2 Å². The van der Waals surface area contributed by atoms with E-state index in [2.05, 4.69) is 4.90 Å². The molecule has 2 aliphatic rings. The fourth-order valence-electron chi connectivity index (χ4n) is 4.72. The minimum Gasteiger partial charge on any atom is -0.480 e. The Labute approximate surface area is 219 Å². The summed E-state index contributed by atoms with van der Waals surface area (Å²) in [5, 5.41) is 18.5. The second-order valence-corrected chi connectivity index (χ2v) is 10.5. The molecule has 2 rings (SSSR count). The molecule has 1 atom stereocenters. The van der Waals surface area contributed by atoms with E-state index in [0.29, 0.717) is 58.8 Å². The maximum Gasteiger partial charge on any atom is 0.317 e. The van der Waals surface area contributed by atoms with Crippen molar-refractivity contribution in [2.75, 3.05) is 85.6 Å². The first-order valence-corrected chi connectivity index (χ1v) is 13.1. The van der Waals surface area contributed by atoms with Gasteiger partial charge in [0.1, 0.15) is 5.78 Å². The summed E-state index contributed by atoms with van der Waals surface area (Å²) in [5.41, 5.74) is 0. The van der Waals surface area contributed by atoms with Crippen molar-refractivity contribution in [2.24, 2.45) is 11.8 Å². The van der Waals surface area contributed by atoms with E-state index in [0.717, 1.165) is 0 Å². The lowest BCUT2D eigenvalue weighted by Gasteiger charge is -2.32. The predicted octanol–water partition coefficient (Wildman–Crippen LogP) is -0.613. The topological polar surface area (TPSA) is 142 Å². The van der Waals surface area contributed by atoms with Crippen LogP contribution in [0.1, 0.15) is 33.1 Å². The number of carboxylic acids is 2. The van der Waals surface area contributed by atoms with Crippen LogP contribution in [0.4, 0.5) is 0 Å². The molecule has 1 unspecified atom stereocenters. The van der Waals surface area contributed by atoms with Gasteiger partial charge in [-0.05, 0) is 19.4 Å². The van der Waals surface area contributed by atoms with Crippen LogP contribution in [0.5, 0.6) is 0 Å². The van der Waals surface area contributed by atoms with Crippen LogP contribution in [0, 0.1) is 11.8 Å². The maximum absolute atomic E-state index is 12.8. The second kappa shape index (κ2) is 15.1. The molecule has 0 radical (unpaired) electrons. The summed E-state index contributed by atoms with van der Waals surface area (Å²) < 4.78 is 0. The Morgan fingerprint density at radius 2 is 1.27 bits per heavy atom. The standard InChI is InChI=1S/C25H43N5O7/c1-19(2)21-15-22(32)30(25(21)37)6-4-5-20(31)16-27-9-7-26(3)8-10-28(17-23(33)34)13-14-29(12-11-27)18-24(35)36/h19,21H,4-18H2,1-3H3,(H,33,34)(H,35,36). The van der Waals surface area contributed by atoms with E-state index >= 15 is 0 Å². The highest BCUT2D eigenvalue weighted by Crippen LogP contribution is 2.26. The molecule has 37 heavy (non-hydrogen) atoms. The van der Waals surface area contributed by atoms with Crippen LogP contribution < -0.4 is 0 Å². The smallest absolute Gasteiger partial charge is 0.317 e. The fraction of sp³-hybridized carbons (Fsp3) is 0.800. The lowest BCUT2D eigenvalue weighted by Crippen LogP contribution is -2.47. The normalized spacial score (nSPS) is 22.3. The number of amides is 2. The molecular formula is C25H43N5O7. The number of nitrogens with zero attached hydrogens (tertiary/aromatic N) is 5. The summed E-state index contributed by atoms with van der Waals surface area (Å²) in [5.74, 6) is -2.32. The van der Waals surface area contributed by atoms with E-state index in [4.69, 9.17) is 0 Å². The third-order valence-corrected chi connectivity index (χ3v) is 7.10. The number of hydrogen-bond donors (Lipinski definition) is 2. The molecule has 2 fully saturated rings. The molecule has 12 nitrogen and oxygen atoms in total. The van der Waals surface area contributed by atoms with Crippen molar-refractivity contribution in [1.82, 2.24) is 24.5 Å². The summed E-state index contributed by atoms with van der Waals surface area (Å²) >= 11 is 0. The maximum atomic E-state index is 12.8. The highest BCUT2D eigenvalue weighted by molar-refractivity contribution is 6.03. The van der Waals surface area contributed by atoms with Crippen LogP contribution in [-0.2, 0) is 24.0 Å². The first kappa shape index (κ1) is 30.8. The Hall–Kier alpha value is -2.41. The minimum absolute atomic E-state index is 0.0201. The Bertz CT molecular complexity index is 821. The summed E-state index contributed by atoms with van der Waals surface area (Å²) in [4.78, 5) is 69.0. The average Bonchev–Trinajstić information content (AvgIpc) is 3.09. The summed E-state index contributed by atoms with van der Waals surface area (Å²) in [7, 11) is 1.95. The van der Waals surface area contributed by atoms with Crippen molar-refractivity contribution in [3.05, 3.63) is 0 Å². The van der Waals surface area contributed by atoms with Crippen LogP contribution in [-0.4, -0.2) is 150 Å². The van der Waals surface area contributed by atoms with Crippen molar-refractivity contribution in [1.29, 1.82) is 0 Å². The molecule has 0 aromatic carbocycles. The molecule has 2 saturated heterocycles. The highest BCUT2D eigenvalue weighted by atomic mass is 16.4. The van der Waals surface area contributed by atoms with Gasteiger partial charge in [-0.15, -0.1) is 0 Å². The fourth-order valence-corrected chi connectivity index (χ4v) is 4.72. The Balaban J connectivity index is 1.91. The van der Waals surface area contributed by atoms with Crippen LogP contribution in [0.2, 0.25) is 0 Å². The number of hydrogen-bond acceptors (Lipinski definition) is 9. The number of carboxylic acid groups (broad SMARTS) is 2. The van der Waals surface area contributed by atoms with Crippen molar-refractivity contribution in [3.8, 4) is 0 Å². The van der Waals surface area contributed by atoms with Gasteiger partial charge in [0.2, 0.25) is 11.8 Å². The van der Waals surface area contributed by atoms with Crippen molar-refractivity contribution in [3.63, 3.8) is 0 Å². The molecule has 0 aromatic heterocycles. The predicted molar refractivity (Wildman–Crippen MR) is 136 cm³/mol. The summed E-state index contributed by atoms with van der Waals surface area (Å²) in [6, 6.07) is 0. The van der Waals surface area contributed by atoms with Gasteiger partial charge in [0.25, 0.3) is 0 Å². The molecule has 0 aliphatic carbocycles. The number of Topliss-reactive ketones (excluding diaryl/α,β-unsaturated/α-hetero) is 1. The molecule has 0 spiro atoms. The number of likely N-dealkylation sites (tertiary alicyclic amines) is 1. The molecule has 0 aromatic rings. The van der Waals surface area contributed by atoms with Crippen LogP contribution in [0.15, 0.2) is 0 Å². The number of likely N-dealkylation sites (N-methyl/N-ethyl adjacent to an activating group) is 1. The number of aliphatic carboxylic acids is 2. The van der Waals surface area contributed by atoms with Gasteiger partial charge in [-0.1, -0.05) is 13.8 Å². The first-order valence-electron chi connectivity index (χ1n) is 13.1. The van der Waals surface area contributed by atoms with Gasteiger partial charge in [-0.2, -0.15) is 0 Å². The van der Waals surface area contributed by atoms with Gasteiger partial charge in [0.15, 0.2) is 0 Å². The molecule has 2 amide bonds. The van der Waals surface area contributed by atoms with Crippen molar-refractivity contribution in [2.45, 2.75) is 33.1 Å². The monoisotopic (exact) mass is 525 g/mol. The molecule has 2 heterocycles. The SMILES string of the molecule is CC(C)C1CC(=O)N(CCCC(=O)CN2CCN(C)CCN(CC(=O)O)CCN(CC(=O)O)CC2)C1=O. The molecule has 0 bridgehead atoms. The van der Waals surface area contributed by atoms with E-state index in [-0.39, 0.29) is 68.5 Å². The largest absolute Gasteiger partial charge is 0.480 e. The molecule has 2 aliphatic heterocycles. The second-order valence-electron chi connectivity index (χ2n) is 10.5. The Kier molecular flexibility index (Phi) is 12.6. The van der Waals surface area contributed by atoms with Crippen LogP contribution >= 0.6 is 0 Å². The Morgan fingerprint density at radius 1 is 0.811 bits per heavy atom. The van der Waals surface area contributed by atoms with E-state index in [1.807, 2.05) is 30.7 Å². The highest BCUT2D eigenvalue weighted by Gasteiger charge is 2.39. The van der Waals surface area contributed by atoms with Crippen molar-refractivity contribution >= 4 is 29.5 Å². The van der Waals surface area contributed by atoms with Crippen LogP contribution in [0.25, 0.3) is 0 Å². The minimum atomic E-state index is -0.954. The van der Waals surface area contributed by atoms with E-state index in [1.165, 1.54) is 4.90 Å². The molecule has 12 heteroatoms. The van der Waals surface area contributed by atoms with Gasteiger partial charge in [-0.25, -0.2) is 0 Å². The number of carbonyl (C=O) groups is 5. The zero-order valence-corrected chi connectivity index (χ0v) is 22.4. The number of ketones is 1. The van der Waals surface area contributed by atoms with Gasteiger partial charge in [0.05, 0.1) is 19.6 Å². The third kappa shape index (κ3) is 10.8. The van der Waals surface area contributed by atoms with Gasteiger partial charge in [0, 0.05) is 77.7 Å². The number of rotatable bonds is 11. The molecular weight excluding hydrogens is 482 g/mol. The van der Waals surface area contributed by atoms with Gasteiger partial charge in [-0.3, -0.25) is 43.6 Å². The van der Waals surface area contributed by atoms with Gasteiger partial charge < -0.3 is 15.1 Å². The number of imide groups is 1. The quantitative estimate of drug-likeness (QED) is 0.334. The van der Waals surface area contributed by atoms with E-state index in [1.54, 1.807) is 4.90 Å². The molecule has 2 N–H and O–H groups in total. The van der Waals surface area contributed by atoms with Crippen molar-refractivity contribution < 1.29 is 34.2 Å². The van der Waals surface area contributed by atoms with Gasteiger partial charge >= 0.3 is 11.9 Å². The Morgan fingerprint density at radius 3 is 1.70 bits per heavy atom. The first-order chi connectivity index (χ1) is 17.5. The molecule has 0 saturated carbocycles. The number of carbonyl (C=O) groups excluding carboxylic acids is 3. The zero-order valence-electron chi connectivity index (χ0n) is 22.4. The molecule has 210 valence electrons. The third-order valence-electron chi connectivity index (χ3n) is 7.10.